The molecular weight excluding hydrogens is 262 g/mol. The summed E-state index contributed by atoms with van der Waals surface area (Å²) < 4.78 is 29.7. The van der Waals surface area contributed by atoms with Crippen molar-refractivity contribution >= 4 is 22.1 Å². The van der Waals surface area contributed by atoms with Gasteiger partial charge in [-0.05, 0) is 18.2 Å². The number of fused-ring (bicyclic) bond motifs is 7. The zero-order chi connectivity index (χ0) is 16.6. The van der Waals surface area contributed by atoms with Gasteiger partial charge in [-0.2, -0.15) is 0 Å². The van der Waals surface area contributed by atoms with Crippen LogP contribution in [0.5, 0.6) is 0 Å². The Balaban J connectivity index is 2.05. The van der Waals surface area contributed by atoms with E-state index in [1.54, 1.807) is 18.6 Å². The predicted molar refractivity (Wildman–Crippen MR) is 79.7 cm³/mol. The average molecular weight is 279 g/mol. The van der Waals surface area contributed by atoms with Crippen molar-refractivity contribution in [3.8, 4) is 11.4 Å². The lowest BCUT2D eigenvalue weighted by molar-refractivity contribution is -0.636. The van der Waals surface area contributed by atoms with Gasteiger partial charge in [0.2, 0.25) is 5.82 Å². The highest BCUT2D eigenvalue weighted by molar-refractivity contribution is 6.04. The zero-order valence-electron chi connectivity index (χ0n) is 14.4. The van der Waals surface area contributed by atoms with Gasteiger partial charge < -0.3 is 0 Å². The van der Waals surface area contributed by atoms with E-state index in [0.717, 1.165) is 27.7 Å². The van der Waals surface area contributed by atoms with E-state index in [1.807, 2.05) is 29.8 Å². The molecule has 4 aromatic heterocycles. The van der Waals surface area contributed by atoms with Crippen LogP contribution < -0.4 is 4.57 Å². The molecule has 0 amide bonds. The van der Waals surface area contributed by atoms with Gasteiger partial charge >= 0.3 is 0 Å². The Bertz CT molecular complexity index is 1140. The van der Waals surface area contributed by atoms with Gasteiger partial charge in [-0.1, -0.05) is 0 Å². The predicted octanol–water partition coefficient (Wildman–Crippen LogP) is 1.78. The number of pyridine rings is 2. The first-order valence-corrected chi connectivity index (χ1v) is 6.80. The van der Waals surface area contributed by atoms with Gasteiger partial charge in [0.05, 0.1) is 41.0 Å². The standard InChI is InChI=1S/C16H14N5/c1-19-13-8-17-7-5-11(13)14-16(19)20(2)15-10-4-3-6-18-12(10)9-21(14)15/h3-8H,9H2,1-2H3/q+1/i2D3. The van der Waals surface area contributed by atoms with Gasteiger partial charge in [-0.15, -0.1) is 0 Å². The molecule has 5 heterocycles. The molecule has 5 rings (SSSR count). The van der Waals surface area contributed by atoms with Crippen LogP contribution in [-0.4, -0.2) is 19.1 Å². The summed E-state index contributed by atoms with van der Waals surface area (Å²) in [7, 11) is 1.88. The summed E-state index contributed by atoms with van der Waals surface area (Å²) in [6.07, 6.45) is 5.25. The third-order valence-corrected chi connectivity index (χ3v) is 4.33. The maximum Gasteiger partial charge on any atom is 0.269 e. The lowest BCUT2D eigenvalue weighted by Crippen LogP contribution is -2.31. The monoisotopic (exact) mass is 279 g/mol. The maximum atomic E-state index is 8.09. The van der Waals surface area contributed by atoms with Crippen molar-refractivity contribution in [1.82, 2.24) is 19.1 Å². The molecule has 1 aliphatic heterocycles. The van der Waals surface area contributed by atoms with Crippen molar-refractivity contribution in [2.24, 2.45) is 14.0 Å². The molecular formula is C16H14N5+. The second-order valence-electron chi connectivity index (χ2n) is 5.37. The quantitative estimate of drug-likeness (QED) is 0.405. The van der Waals surface area contributed by atoms with Crippen LogP contribution in [-0.2, 0) is 20.6 Å². The summed E-state index contributed by atoms with van der Waals surface area (Å²) in [5.74, 6) is 0.692. The molecule has 0 fully saturated rings. The highest BCUT2D eigenvalue weighted by Gasteiger charge is 2.34. The molecule has 0 atom stereocenters. The van der Waals surface area contributed by atoms with Crippen molar-refractivity contribution < 1.29 is 8.68 Å². The van der Waals surface area contributed by atoms with E-state index in [4.69, 9.17) is 4.11 Å². The Kier molecular flexibility index (Phi) is 1.42. The second-order valence-corrected chi connectivity index (χ2v) is 5.37. The van der Waals surface area contributed by atoms with E-state index < -0.39 is 6.98 Å². The molecule has 4 aromatic rings. The first kappa shape index (κ1) is 8.56. The van der Waals surface area contributed by atoms with Crippen molar-refractivity contribution in [3.63, 3.8) is 0 Å². The Hall–Kier alpha value is -2.69. The third-order valence-electron chi connectivity index (χ3n) is 4.33. The minimum atomic E-state index is -2.29. The Morgan fingerprint density at radius 3 is 3.19 bits per heavy atom. The lowest BCUT2D eigenvalue weighted by Gasteiger charge is -1.98. The van der Waals surface area contributed by atoms with Gasteiger partial charge in [-0.3, -0.25) is 14.5 Å². The van der Waals surface area contributed by atoms with Crippen molar-refractivity contribution in [1.29, 1.82) is 0 Å². The SMILES string of the molecule is [2H]C([2H])([2H])[n+]1c2n(c3c4ccncc4n(C)c31)Cc1ncccc1-2. The van der Waals surface area contributed by atoms with E-state index >= 15 is 0 Å². The van der Waals surface area contributed by atoms with E-state index in [-0.39, 0.29) is 0 Å². The van der Waals surface area contributed by atoms with Gasteiger partial charge in [-0.25, -0.2) is 9.13 Å². The topological polar surface area (TPSA) is 39.5 Å². The summed E-state index contributed by atoms with van der Waals surface area (Å²) >= 11 is 0. The minimum Gasteiger partial charge on any atom is -0.261 e. The van der Waals surface area contributed by atoms with Crippen molar-refractivity contribution in [3.05, 3.63) is 42.5 Å². The van der Waals surface area contributed by atoms with Crippen LogP contribution in [0.4, 0.5) is 0 Å². The molecule has 0 radical (unpaired) electrons. The molecule has 1 aliphatic rings. The van der Waals surface area contributed by atoms with Crippen molar-refractivity contribution in [2.45, 2.75) is 6.54 Å². The molecule has 0 aliphatic carbocycles. The van der Waals surface area contributed by atoms with Crippen LogP contribution >= 0.6 is 0 Å². The second kappa shape index (κ2) is 3.49. The summed E-state index contributed by atoms with van der Waals surface area (Å²) in [4.78, 5) is 8.61. The number of aryl methyl sites for hydroxylation is 2. The number of hydrogen-bond acceptors (Lipinski definition) is 2. The Morgan fingerprint density at radius 2 is 2.29 bits per heavy atom. The largest absolute Gasteiger partial charge is 0.269 e. The highest BCUT2D eigenvalue weighted by Crippen LogP contribution is 2.35. The van der Waals surface area contributed by atoms with Crippen LogP contribution in [0.1, 0.15) is 9.81 Å². The summed E-state index contributed by atoms with van der Waals surface area (Å²) in [5.41, 5.74) is 4.30. The van der Waals surface area contributed by atoms with E-state index in [1.165, 1.54) is 4.57 Å². The molecule has 102 valence electrons. The summed E-state index contributed by atoms with van der Waals surface area (Å²) in [5, 5.41) is 1.000. The summed E-state index contributed by atoms with van der Waals surface area (Å²) in [6, 6.07) is 5.72. The molecule has 0 unspecified atom stereocenters. The molecule has 0 saturated carbocycles. The molecule has 5 nitrogen and oxygen atoms in total. The Morgan fingerprint density at radius 1 is 1.33 bits per heavy atom. The molecule has 0 saturated heterocycles. The number of aromatic nitrogens is 5. The van der Waals surface area contributed by atoms with E-state index in [2.05, 4.69) is 14.5 Å². The fourth-order valence-electron chi connectivity index (χ4n) is 3.43. The van der Waals surface area contributed by atoms with Crippen LogP contribution in [0.2, 0.25) is 0 Å². The van der Waals surface area contributed by atoms with E-state index in [0.29, 0.717) is 18.0 Å². The Labute approximate surface area is 125 Å². The van der Waals surface area contributed by atoms with Crippen molar-refractivity contribution in [2.75, 3.05) is 0 Å². The smallest absolute Gasteiger partial charge is 0.261 e. The zero-order valence-corrected chi connectivity index (χ0v) is 11.4. The fraction of sp³-hybridized carbons (Fsp3) is 0.188. The maximum absolute atomic E-state index is 8.09. The van der Waals surface area contributed by atoms with Gasteiger partial charge in [0.1, 0.15) is 12.1 Å². The van der Waals surface area contributed by atoms with Gasteiger partial charge in [0.15, 0.2) is 5.52 Å². The number of rotatable bonds is 0. The van der Waals surface area contributed by atoms with Crippen LogP contribution in [0, 0.1) is 0 Å². The molecule has 0 aromatic carbocycles. The van der Waals surface area contributed by atoms with Gasteiger partial charge in [0.25, 0.3) is 5.65 Å². The molecule has 0 bridgehead atoms. The third kappa shape index (κ3) is 1.15. The minimum absolute atomic E-state index is 0.576. The fourth-order valence-corrected chi connectivity index (χ4v) is 3.43. The van der Waals surface area contributed by atoms with Crippen LogP contribution in [0.15, 0.2) is 36.8 Å². The number of imidazole rings is 1. The van der Waals surface area contributed by atoms with E-state index in [9.17, 15) is 0 Å². The summed E-state index contributed by atoms with van der Waals surface area (Å²) in [6.45, 7) is -1.71. The first-order chi connectivity index (χ1) is 11.5. The number of hydrogen-bond donors (Lipinski definition) is 0. The normalized spacial score (nSPS) is 15.8. The number of nitrogens with zero attached hydrogens (tertiary/aromatic N) is 5. The molecule has 5 heteroatoms. The molecule has 21 heavy (non-hydrogen) atoms. The average Bonchev–Trinajstić information content (AvgIpc) is 3.15. The van der Waals surface area contributed by atoms with Crippen LogP contribution in [0.3, 0.4) is 0 Å². The van der Waals surface area contributed by atoms with Gasteiger partial charge in [0, 0.05) is 12.4 Å². The highest BCUT2D eigenvalue weighted by atomic mass is 15.2. The molecule has 0 N–H and O–H groups in total. The lowest BCUT2D eigenvalue weighted by atomic mass is 10.2. The molecule has 0 spiro atoms. The first-order valence-electron chi connectivity index (χ1n) is 8.30. The van der Waals surface area contributed by atoms with Crippen LogP contribution in [0.25, 0.3) is 33.5 Å².